The average Bonchev–Trinajstić information content (AvgIpc) is 2.68. The lowest BCUT2D eigenvalue weighted by Gasteiger charge is -2.45. The summed E-state index contributed by atoms with van der Waals surface area (Å²) in [5.41, 5.74) is -0.112. The van der Waals surface area contributed by atoms with Gasteiger partial charge in [0, 0.05) is 44.1 Å². The highest BCUT2D eigenvalue weighted by atomic mass is 16.2. The lowest BCUT2D eigenvalue weighted by molar-refractivity contribution is -0.138. The van der Waals surface area contributed by atoms with Crippen molar-refractivity contribution < 1.29 is 14.4 Å². The van der Waals surface area contributed by atoms with Gasteiger partial charge in [-0.15, -0.1) is 0 Å². The van der Waals surface area contributed by atoms with Gasteiger partial charge in [0.25, 0.3) is 0 Å². The Morgan fingerprint density at radius 1 is 1.21 bits per heavy atom. The van der Waals surface area contributed by atoms with Crippen molar-refractivity contribution in [3.8, 4) is 0 Å². The van der Waals surface area contributed by atoms with Crippen LogP contribution in [0.5, 0.6) is 0 Å². The molecule has 2 aliphatic rings. The van der Waals surface area contributed by atoms with Gasteiger partial charge in [-0.05, 0) is 59.7 Å². The topological polar surface area (TPSA) is 73.0 Å². The lowest BCUT2D eigenvalue weighted by atomic mass is 9.74. The number of fused-ring (bicyclic) bond motifs is 1. The molecule has 1 N–H and O–H groups in total. The maximum atomic E-state index is 13.2. The van der Waals surface area contributed by atoms with Gasteiger partial charge in [-0.25, -0.2) is 4.79 Å². The SMILES string of the molecule is CCN(C(=O)NCC(CC)(CC)N(C)C)C(=O)[C@@H]1C[C@@H]2CC(=O)CC[C@H]2N(C)C1. The molecule has 0 bridgehead atoms. The first-order valence-electron chi connectivity index (χ1n) is 11.2. The van der Waals surface area contributed by atoms with Gasteiger partial charge in [0.1, 0.15) is 5.78 Å². The molecular weight excluding hydrogens is 368 g/mol. The number of imide groups is 1. The summed E-state index contributed by atoms with van der Waals surface area (Å²) in [5, 5.41) is 3.01. The molecule has 7 heteroatoms. The zero-order chi connectivity index (χ0) is 21.8. The number of Topliss-reactive ketones (excluding diaryl/α,β-unsaturated/α-hetero) is 1. The zero-order valence-corrected chi connectivity index (χ0v) is 19.2. The van der Waals surface area contributed by atoms with Crippen molar-refractivity contribution in [2.45, 2.75) is 70.9 Å². The van der Waals surface area contributed by atoms with Gasteiger partial charge in [0.15, 0.2) is 0 Å². The van der Waals surface area contributed by atoms with E-state index in [4.69, 9.17) is 0 Å². The fourth-order valence-electron chi connectivity index (χ4n) is 5.24. The molecule has 0 aromatic rings. The number of likely N-dealkylation sites (N-methyl/N-ethyl adjacent to an activating group) is 1. The van der Waals surface area contributed by atoms with E-state index in [1.807, 2.05) is 28.1 Å². The van der Waals surface area contributed by atoms with Crippen LogP contribution in [0.1, 0.15) is 59.3 Å². The van der Waals surface area contributed by atoms with Gasteiger partial charge in [-0.2, -0.15) is 0 Å². The fraction of sp³-hybridized carbons (Fsp3) is 0.864. The van der Waals surface area contributed by atoms with Gasteiger partial charge in [-0.3, -0.25) is 14.5 Å². The molecule has 0 spiro atoms. The first kappa shape index (κ1) is 23.8. The summed E-state index contributed by atoms with van der Waals surface area (Å²) in [5.74, 6) is 0.190. The fourth-order valence-corrected chi connectivity index (χ4v) is 5.24. The van der Waals surface area contributed by atoms with Crippen LogP contribution in [0.3, 0.4) is 0 Å². The second-order valence-electron chi connectivity index (χ2n) is 9.05. The first-order valence-corrected chi connectivity index (χ1v) is 11.2. The minimum absolute atomic E-state index is 0.112. The summed E-state index contributed by atoms with van der Waals surface area (Å²) in [7, 11) is 6.10. The van der Waals surface area contributed by atoms with Gasteiger partial charge >= 0.3 is 6.03 Å². The molecule has 1 aliphatic heterocycles. The number of amides is 3. The standard InChI is InChI=1S/C22H40N4O3/c1-7-22(8-2,24(4)5)15-23-21(29)26(9-3)20(28)17-12-16-13-18(27)10-11-19(16)25(6)14-17/h16-17,19H,7-15H2,1-6H3,(H,23,29)/t16-,17-,19-/m1/s1. The molecule has 2 fully saturated rings. The monoisotopic (exact) mass is 408 g/mol. The second-order valence-corrected chi connectivity index (χ2v) is 9.05. The summed E-state index contributed by atoms with van der Waals surface area (Å²) < 4.78 is 0. The van der Waals surface area contributed by atoms with Crippen LogP contribution in [-0.2, 0) is 9.59 Å². The highest BCUT2D eigenvalue weighted by molar-refractivity contribution is 5.95. The van der Waals surface area contributed by atoms with Gasteiger partial charge < -0.3 is 15.1 Å². The van der Waals surface area contributed by atoms with Crippen LogP contribution < -0.4 is 5.32 Å². The molecular formula is C22H40N4O3. The zero-order valence-electron chi connectivity index (χ0n) is 19.2. The third-order valence-corrected chi connectivity index (χ3v) is 7.42. The number of nitrogens with zero attached hydrogens (tertiary/aromatic N) is 3. The Hall–Kier alpha value is -1.47. The minimum Gasteiger partial charge on any atom is -0.336 e. The molecule has 1 saturated carbocycles. The smallest absolute Gasteiger partial charge is 0.324 e. The molecule has 1 saturated heterocycles. The Morgan fingerprint density at radius 2 is 1.86 bits per heavy atom. The molecule has 7 nitrogen and oxygen atoms in total. The second kappa shape index (κ2) is 10.0. The molecule has 0 unspecified atom stereocenters. The van der Waals surface area contributed by atoms with Crippen molar-refractivity contribution in [3.63, 3.8) is 0 Å². The number of ketones is 1. The number of carbonyl (C=O) groups excluding carboxylic acids is 3. The van der Waals surface area contributed by atoms with Crippen molar-refractivity contribution in [3.05, 3.63) is 0 Å². The lowest BCUT2D eigenvalue weighted by Crippen LogP contribution is -2.57. The van der Waals surface area contributed by atoms with E-state index < -0.39 is 0 Å². The molecule has 29 heavy (non-hydrogen) atoms. The molecule has 3 atom stereocenters. The molecule has 166 valence electrons. The Morgan fingerprint density at radius 3 is 2.41 bits per heavy atom. The Kier molecular flexibility index (Phi) is 8.23. The van der Waals surface area contributed by atoms with Crippen molar-refractivity contribution in [1.29, 1.82) is 0 Å². The number of piperidine rings is 1. The number of urea groups is 1. The number of nitrogens with one attached hydrogen (secondary N) is 1. The summed E-state index contributed by atoms with van der Waals surface area (Å²) in [6.07, 6.45) is 4.64. The molecule has 2 rings (SSSR count). The molecule has 3 amide bonds. The summed E-state index contributed by atoms with van der Waals surface area (Å²) in [4.78, 5) is 43.7. The summed E-state index contributed by atoms with van der Waals surface area (Å²) in [6.45, 7) is 7.61. The van der Waals surface area contributed by atoms with Crippen molar-refractivity contribution >= 4 is 17.7 Å². The number of rotatable bonds is 7. The number of hydrogen-bond donors (Lipinski definition) is 1. The van der Waals surface area contributed by atoms with E-state index in [0.717, 1.165) is 19.3 Å². The first-order chi connectivity index (χ1) is 13.7. The molecule has 0 aromatic carbocycles. The van der Waals surface area contributed by atoms with Gasteiger partial charge in [-0.1, -0.05) is 13.8 Å². The average molecular weight is 409 g/mol. The molecule has 0 radical (unpaired) electrons. The van der Waals surface area contributed by atoms with E-state index in [1.54, 1.807) is 0 Å². The maximum absolute atomic E-state index is 13.2. The predicted octanol–water partition coefficient (Wildman–Crippen LogP) is 2.35. The van der Waals surface area contributed by atoms with E-state index in [-0.39, 0.29) is 29.3 Å². The van der Waals surface area contributed by atoms with Gasteiger partial charge in [0.05, 0.1) is 5.92 Å². The quantitative estimate of drug-likeness (QED) is 0.700. The largest absolute Gasteiger partial charge is 0.336 e. The normalized spacial score (nSPS) is 25.6. The van der Waals surface area contributed by atoms with Crippen molar-refractivity contribution in [2.75, 3.05) is 40.8 Å². The molecule has 1 aliphatic carbocycles. The third-order valence-electron chi connectivity index (χ3n) is 7.42. The van der Waals surface area contributed by atoms with Crippen LogP contribution >= 0.6 is 0 Å². The Bertz CT molecular complexity index is 603. The minimum atomic E-state index is -0.310. The van der Waals surface area contributed by atoms with E-state index in [2.05, 4.69) is 29.0 Å². The number of carbonyl (C=O) groups is 3. The summed E-state index contributed by atoms with van der Waals surface area (Å²) in [6, 6.07) is 0.0746. The predicted molar refractivity (Wildman–Crippen MR) is 115 cm³/mol. The van der Waals surface area contributed by atoms with Crippen LogP contribution in [-0.4, -0.2) is 84.8 Å². The third kappa shape index (κ3) is 5.18. The van der Waals surface area contributed by atoms with Crippen LogP contribution in [0.25, 0.3) is 0 Å². The Balaban J connectivity index is 2.03. The van der Waals surface area contributed by atoms with Crippen molar-refractivity contribution in [1.82, 2.24) is 20.0 Å². The maximum Gasteiger partial charge on any atom is 0.324 e. The van der Waals surface area contributed by atoms with E-state index in [1.165, 1.54) is 4.90 Å². The van der Waals surface area contributed by atoms with Crippen LogP contribution in [0.4, 0.5) is 4.79 Å². The van der Waals surface area contributed by atoms with Crippen LogP contribution in [0.2, 0.25) is 0 Å². The number of hydrogen-bond acceptors (Lipinski definition) is 5. The molecule has 0 aromatic heterocycles. The highest BCUT2D eigenvalue weighted by Crippen LogP contribution is 2.36. The number of likely N-dealkylation sites (tertiary alicyclic amines) is 1. The summed E-state index contributed by atoms with van der Waals surface area (Å²) >= 11 is 0. The van der Waals surface area contributed by atoms with E-state index >= 15 is 0 Å². The van der Waals surface area contributed by atoms with Crippen LogP contribution in [0.15, 0.2) is 0 Å². The van der Waals surface area contributed by atoms with Crippen molar-refractivity contribution in [2.24, 2.45) is 11.8 Å². The Labute approximate surface area is 176 Å². The van der Waals surface area contributed by atoms with E-state index in [0.29, 0.717) is 50.7 Å². The molecule has 1 heterocycles. The highest BCUT2D eigenvalue weighted by Gasteiger charge is 2.42. The van der Waals surface area contributed by atoms with Gasteiger partial charge in [0.2, 0.25) is 5.91 Å². The van der Waals surface area contributed by atoms with E-state index in [9.17, 15) is 14.4 Å². The van der Waals surface area contributed by atoms with Crippen LogP contribution in [0, 0.1) is 11.8 Å².